The molecule has 0 bridgehead atoms. The molecule has 2 amide bonds. The summed E-state index contributed by atoms with van der Waals surface area (Å²) < 4.78 is 42.8. The summed E-state index contributed by atoms with van der Waals surface area (Å²) in [6.07, 6.45) is -0.571. The van der Waals surface area contributed by atoms with Crippen molar-refractivity contribution in [1.29, 1.82) is 0 Å². The number of nitrogens with zero attached hydrogens (tertiary/aromatic N) is 1. The number of oxazole rings is 1. The van der Waals surface area contributed by atoms with Gasteiger partial charge < -0.3 is 15.1 Å². The molecule has 0 saturated heterocycles. The van der Waals surface area contributed by atoms with E-state index in [0.717, 1.165) is 12.7 Å². The molecule has 0 aliphatic heterocycles. The van der Waals surface area contributed by atoms with Crippen LogP contribution in [-0.2, 0) is 4.79 Å². The Morgan fingerprint density at radius 2 is 2.09 bits per heavy atom. The van der Waals surface area contributed by atoms with Gasteiger partial charge >= 0.3 is 6.18 Å². The van der Waals surface area contributed by atoms with E-state index in [4.69, 9.17) is 0 Å². The summed E-state index contributed by atoms with van der Waals surface area (Å²) in [5, 5.41) is 4.91. The number of carbonyl (C=O) groups is 2. The number of alkyl halides is 3. The van der Waals surface area contributed by atoms with Crippen LogP contribution in [0.5, 0.6) is 0 Å². The Morgan fingerprint density at radius 3 is 2.74 bits per heavy atom. The zero-order valence-electron chi connectivity index (χ0n) is 12.4. The van der Waals surface area contributed by atoms with E-state index in [9.17, 15) is 22.8 Å². The van der Waals surface area contributed by atoms with Crippen molar-refractivity contribution in [1.82, 2.24) is 15.6 Å². The molecule has 1 aliphatic carbocycles. The normalized spacial score (nSPS) is 21.7. The largest absolute Gasteiger partial charge is 0.451 e. The molecule has 9 heteroatoms. The van der Waals surface area contributed by atoms with Gasteiger partial charge in [0, 0.05) is 6.54 Å². The van der Waals surface area contributed by atoms with E-state index in [-0.39, 0.29) is 37.5 Å². The maximum atomic E-state index is 12.7. The van der Waals surface area contributed by atoms with E-state index in [1.165, 1.54) is 0 Å². The van der Waals surface area contributed by atoms with Gasteiger partial charge in [0.15, 0.2) is 12.1 Å². The topological polar surface area (TPSA) is 84.2 Å². The monoisotopic (exact) mass is 333 g/mol. The molecule has 1 aliphatic rings. The van der Waals surface area contributed by atoms with Crippen molar-refractivity contribution in [3.05, 3.63) is 18.4 Å². The molecule has 1 saturated carbocycles. The summed E-state index contributed by atoms with van der Waals surface area (Å²) in [5.41, 5.74) is 0.0538. The lowest BCUT2D eigenvalue weighted by Gasteiger charge is -2.30. The highest BCUT2D eigenvalue weighted by Crippen LogP contribution is 2.39. The summed E-state index contributed by atoms with van der Waals surface area (Å²) in [6, 6.07) is 0. The van der Waals surface area contributed by atoms with Crippen LogP contribution in [0.25, 0.3) is 0 Å². The number of hydrogen-bond acceptors (Lipinski definition) is 4. The smallest absolute Gasteiger partial charge is 0.391 e. The molecule has 2 N–H and O–H groups in total. The van der Waals surface area contributed by atoms with Crippen LogP contribution >= 0.6 is 0 Å². The Labute approximate surface area is 130 Å². The number of halogens is 3. The Hall–Kier alpha value is -2.06. The highest BCUT2D eigenvalue weighted by molar-refractivity contribution is 5.94. The van der Waals surface area contributed by atoms with E-state index in [1.54, 1.807) is 0 Å². The van der Waals surface area contributed by atoms with Crippen molar-refractivity contribution < 1.29 is 27.2 Å². The molecule has 0 spiro atoms. The number of hydrogen-bond donors (Lipinski definition) is 2. The lowest BCUT2D eigenvalue weighted by Crippen LogP contribution is -2.40. The molecule has 0 aromatic carbocycles. The van der Waals surface area contributed by atoms with Crippen LogP contribution in [0.15, 0.2) is 17.1 Å². The number of carbonyl (C=O) groups excluding carboxylic acids is 2. The van der Waals surface area contributed by atoms with Gasteiger partial charge in [-0.15, -0.1) is 0 Å². The Balaban J connectivity index is 1.69. The van der Waals surface area contributed by atoms with Crippen molar-refractivity contribution in [2.45, 2.75) is 31.9 Å². The molecule has 1 fully saturated rings. The summed E-state index contributed by atoms with van der Waals surface area (Å²) in [6.45, 7) is -0.0770. The van der Waals surface area contributed by atoms with E-state index in [0.29, 0.717) is 12.8 Å². The molecule has 0 radical (unpaired) electrons. The van der Waals surface area contributed by atoms with Crippen molar-refractivity contribution in [3.63, 3.8) is 0 Å². The van der Waals surface area contributed by atoms with Gasteiger partial charge in [-0.1, -0.05) is 6.42 Å². The number of aromatic nitrogens is 1. The van der Waals surface area contributed by atoms with Crippen LogP contribution in [0.3, 0.4) is 0 Å². The number of nitrogens with one attached hydrogen (secondary N) is 2. The second kappa shape index (κ2) is 7.47. The maximum absolute atomic E-state index is 12.7. The summed E-state index contributed by atoms with van der Waals surface area (Å²) in [4.78, 5) is 26.8. The fraction of sp³-hybridized carbons (Fsp3) is 0.643. The number of amides is 2. The third-order valence-electron chi connectivity index (χ3n) is 3.91. The van der Waals surface area contributed by atoms with E-state index >= 15 is 0 Å². The van der Waals surface area contributed by atoms with Gasteiger partial charge in [0.05, 0.1) is 12.5 Å². The van der Waals surface area contributed by atoms with Crippen LogP contribution < -0.4 is 10.6 Å². The predicted octanol–water partition coefficient (Wildman–Crippen LogP) is 1.89. The predicted molar refractivity (Wildman–Crippen MR) is 73.3 cm³/mol. The van der Waals surface area contributed by atoms with E-state index in [2.05, 4.69) is 20.0 Å². The first-order chi connectivity index (χ1) is 10.9. The first kappa shape index (κ1) is 17.3. The summed E-state index contributed by atoms with van der Waals surface area (Å²) in [7, 11) is 0. The zero-order chi connectivity index (χ0) is 16.9. The van der Waals surface area contributed by atoms with Crippen LogP contribution in [0.1, 0.15) is 36.2 Å². The van der Waals surface area contributed by atoms with E-state index in [1.807, 2.05) is 0 Å². The van der Waals surface area contributed by atoms with Gasteiger partial charge in [-0.2, -0.15) is 13.2 Å². The van der Waals surface area contributed by atoms with Gasteiger partial charge in [0.1, 0.15) is 6.26 Å². The van der Waals surface area contributed by atoms with Crippen molar-refractivity contribution in [3.8, 4) is 0 Å². The molecule has 1 aromatic heterocycles. The lowest BCUT2D eigenvalue weighted by molar-refractivity contribution is -0.185. The van der Waals surface area contributed by atoms with Crippen LogP contribution in [0, 0.1) is 11.8 Å². The molecule has 2 unspecified atom stereocenters. The van der Waals surface area contributed by atoms with Crippen LogP contribution in [0.4, 0.5) is 13.2 Å². The molecular weight excluding hydrogens is 315 g/mol. The second-order valence-corrected chi connectivity index (χ2v) is 5.63. The van der Waals surface area contributed by atoms with Gasteiger partial charge in [0.25, 0.3) is 5.91 Å². The van der Waals surface area contributed by atoms with Crippen molar-refractivity contribution in [2.75, 3.05) is 13.1 Å². The molecule has 128 valence electrons. The average Bonchev–Trinajstić information content (AvgIpc) is 3.04. The fourth-order valence-electron chi connectivity index (χ4n) is 2.67. The van der Waals surface area contributed by atoms with Gasteiger partial charge in [-0.3, -0.25) is 9.59 Å². The molecule has 1 aromatic rings. The highest BCUT2D eigenvalue weighted by atomic mass is 19.4. The second-order valence-electron chi connectivity index (χ2n) is 5.63. The Morgan fingerprint density at radius 1 is 1.30 bits per heavy atom. The van der Waals surface area contributed by atoms with Crippen molar-refractivity contribution >= 4 is 11.8 Å². The third kappa shape index (κ3) is 5.26. The minimum Gasteiger partial charge on any atom is -0.451 e. The molecule has 1 heterocycles. The quantitative estimate of drug-likeness (QED) is 0.862. The molecule has 6 nitrogen and oxygen atoms in total. The minimum absolute atomic E-state index is 0.0368. The average molecular weight is 333 g/mol. The zero-order valence-corrected chi connectivity index (χ0v) is 12.4. The lowest BCUT2D eigenvalue weighted by atomic mass is 9.81. The summed E-state index contributed by atoms with van der Waals surface area (Å²) >= 11 is 0. The molecule has 2 rings (SSSR count). The molecular formula is C14H18F3N3O3. The minimum atomic E-state index is -4.17. The first-order valence-electron chi connectivity index (χ1n) is 7.36. The van der Waals surface area contributed by atoms with Crippen LogP contribution in [-0.4, -0.2) is 36.1 Å². The Bertz CT molecular complexity index is 531. The number of rotatable bonds is 5. The highest BCUT2D eigenvalue weighted by Gasteiger charge is 2.42. The fourth-order valence-corrected chi connectivity index (χ4v) is 2.67. The Kier molecular flexibility index (Phi) is 5.62. The summed E-state index contributed by atoms with van der Waals surface area (Å²) in [5.74, 6) is -2.48. The molecule has 23 heavy (non-hydrogen) atoms. The molecule has 2 atom stereocenters. The standard InChI is InChI=1S/C14H18F3N3O3/c15-14(16,17)10-3-1-2-9(4-10)5-18-12(21)6-19-13(22)11-7-23-8-20-11/h7-10H,1-6H2,(H,18,21)(H,19,22). The van der Waals surface area contributed by atoms with Crippen LogP contribution in [0.2, 0.25) is 0 Å². The van der Waals surface area contributed by atoms with E-state index < -0.39 is 23.9 Å². The van der Waals surface area contributed by atoms with Gasteiger partial charge in [-0.25, -0.2) is 4.98 Å². The first-order valence-corrected chi connectivity index (χ1v) is 7.36. The van der Waals surface area contributed by atoms with Gasteiger partial charge in [-0.05, 0) is 25.2 Å². The SMILES string of the molecule is O=C(CNC(=O)c1cocn1)NCC1CCCC(C(F)(F)F)C1. The van der Waals surface area contributed by atoms with Crippen molar-refractivity contribution in [2.24, 2.45) is 11.8 Å². The maximum Gasteiger partial charge on any atom is 0.391 e. The van der Waals surface area contributed by atoms with Gasteiger partial charge in [0.2, 0.25) is 5.91 Å². The third-order valence-corrected chi connectivity index (χ3v) is 3.91.